The highest BCUT2D eigenvalue weighted by Gasteiger charge is 2.26. The van der Waals surface area contributed by atoms with Crippen molar-refractivity contribution in [3.05, 3.63) is 60.7 Å². The summed E-state index contributed by atoms with van der Waals surface area (Å²) >= 11 is 0. The van der Waals surface area contributed by atoms with Gasteiger partial charge in [0.1, 0.15) is 0 Å². The second kappa shape index (κ2) is 11.5. The van der Waals surface area contributed by atoms with E-state index in [1.54, 1.807) is 48.5 Å². The Balaban J connectivity index is 0.000000299. The zero-order valence-corrected chi connectivity index (χ0v) is 14.5. The molecule has 8 heteroatoms. The van der Waals surface area contributed by atoms with Crippen LogP contribution >= 0.6 is 8.25 Å². The van der Waals surface area contributed by atoms with Gasteiger partial charge in [-0.3, -0.25) is 0 Å². The van der Waals surface area contributed by atoms with Crippen LogP contribution in [-0.2, 0) is 4.57 Å². The van der Waals surface area contributed by atoms with Crippen molar-refractivity contribution in [3.8, 4) is 11.5 Å². The highest BCUT2D eigenvalue weighted by Crippen LogP contribution is 2.29. The van der Waals surface area contributed by atoms with Crippen LogP contribution < -0.4 is 9.05 Å². The summed E-state index contributed by atoms with van der Waals surface area (Å²) in [6.45, 7) is -1.62. The Kier molecular flexibility index (Phi) is 9.69. The van der Waals surface area contributed by atoms with E-state index < -0.39 is 40.1 Å². The molecule has 2 rings (SSSR count). The van der Waals surface area contributed by atoms with Crippen molar-refractivity contribution >= 4 is 8.25 Å². The fraction of sp³-hybridized carbons (Fsp3) is 0.294. The zero-order valence-electron chi connectivity index (χ0n) is 13.6. The summed E-state index contributed by atoms with van der Waals surface area (Å²) in [4.78, 5) is 0. The summed E-state index contributed by atoms with van der Waals surface area (Å²) < 4.78 is 21.7. The molecule has 0 aliphatic heterocycles. The minimum Gasteiger partial charge on any atom is -0.396 e. The molecule has 0 saturated carbocycles. The first-order valence-corrected chi connectivity index (χ1v) is 8.55. The number of para-hydroxylation sites is 2. The summed E-state index contributed by atoms with van der Waals surface area (Å²) in [6, 6.07) is 17.8. The second-order valence-electron chi connectivity index (χ2n) is 5.16. The van der Waals surface area contributed by atoms with E-state index in [2.05, 4.69) is 0 Å². The molecular weight excluding hydrogens is 347 g/mol. The number of aliphatic hydroxyl groups excluding tert-OH is 4. The Morgan fingerprint density at radius 1 is 0.680 bits per heavy atom. The van der Waals surface area contributed by atoms with Gasteiger partial charge in [-0.2, -0.15) is 0 Å². The van der Waals surface area contributed by atoms with E-state index >= 15 is 0 Å². The van der Waals surface area contributed by atoms with Gasteiger partial charge in [-0.05, 0) is 24.3 Å². The van der Waals surface area contributed by atoms with Crippen LogP contribution in [0.1, 0.15) is 0 Å². The van der Waals surface area contributed by atoms with Crippen LogP contribution in [0.3, 0.4) is 0 Å². The third-order valence-corrected chi connectivity index (χ3v) is 3.91. The van der Waals surface area contributed by atoms with Crippen molar-refractivity contribution in [2.45, 2.75) is 0 Å². The zero-order chi connectivity index (χ0) is 18.5. The Labute approximate surface area is 147 Å². The first-order chi connectivity index (χ1) is 12.1. The van der Waals surface area contributed by atoms with Crippen LogP contribution in [0.15, 0.2) is 60.7 Å². The van der Waals surface area contributed by atoms with Gasteiger partial charge in [0, 0.05) is 4.57 Å². The lowest BCUT2D eigenvalue weighted by molar-refractivity contribution is -0.0328. The van der Waals surface area contributed by atoms with Gasteiger partial charge in [-0.1, -0.05) is 36.4 Å². The molecule has 0 unspecified atom stereocenters. The lowest BCUT2D eigenvalue weighted by Gasteiger charge is -2.23. The molecule has 0 amide bonds. The molecule has 0 fully saturated rings. The molecule has 2 aromatic carbocycles. The van der Waals surface area contributed by atoms with Crippen molar-refractivity contribution < 1.29 is 34.0 Å². The largest absolute Gasteiger partial charge is 0.805 e. The Hall–Kier alpha value is -2.02. The van der Waals surface area contributed by atoms with Crippen LogP contribution in [0.4, 0.5) is 0 Å². The van der Waals surface area contributed by atoms with E-state index in [1.165, 1.54) is 0 Å². The van der Waals surface area contributed by atoms with E-state index in [-0.39, 0.29) is 0 Å². The smallest absolute Gasteiger partial charge is 0.396 e. The number of benzene rings is 2. The van der Waals surface area contributed by atoms with Crippen molar-refractivity contribution in [3.63, 3.8) is 0 Å². The third kappa shape index (κ3) is 7.60. The van der Waals surface area contributed by atoms with Gasteiger partial charge in [0.05, 0.1) is 31.8 Å². The van der Waals surface area contributed by atoms with Crippen LogP contribution in [0.2, 0.25) is 0 Å². The quantitative estimate of drug-likeness (QED) is 0.524. The third-order valence-electron chi connectivity index (χ3n) is 3.19. The first kappa shape index (κ1) is 21.0. The summed E-state index contributed by atoms with van der Waals surface area (Å²) in [5.74, 6) is 1.05. The fourth-order valence-electron chi connectivity index (χ4n) is 1.45. The summed E-state index contributed by atoms with van der Waals surface area (Å²) in [7, 11) is -2.18. The summed E-state index contributed by atoms with van der Waals surface area (Å²) in [5, 5.41) is 34.0. The Morgan fingerprint density at radius 2 is 1.00 bits per heavy atom. The number of aliphatic hydroxyl groups is 4. The molecule has 0 heterocycles. The Morgan fingerprint density at radius 3 is 1.24 bits per heavy atom. The first-order valence-electron chi connectivity index (χ1n) is 7.46. The molecule has 0 atom stereocenters. The molecular formula is C17H22O7P+. The van der Waals surface area contributed by atoms with Gasteiger partial charge >= 0.3 is 8.25 Å². The van der Waals surface area contributed by atoms with Gasteiger partial charge in [-0.15, -0.1) is 0 Å². The standard InChI is InChI=1S/C12H10O3P.C5H12O4/c13-16(14-11-7-3-1-4-8-11)15-12-9-5-2-6-10-12;6-1-5(2-7,3-8)4-9/h1-10H;6-9H,1-4H2/q+1;. The molecule has 0 aliphatic carbocycles. The van der Waals surface area contributed by atoms with Gasteiger partial charge < -0.3 is 20.4 Å². The molecule has 136 valence electrons. The molecule has 0 saturated heterocycles. The van der Waals surface area contributed by atoms with Crippen LogP contribution in [0.5, 0.6) is 11.5 Å². The molecule has 0 bridgehead atoms. The van der Waals surface area contributed by atoms with Gasteiger partial charge in [0.25, 0.3) is 0 Å². The van der Waals surface area contributed by atoms with Crippen molar-refractivity contribution in [1.82, 2.24) is 0 Å². The topological polar surface area (TPSA) is 116 Å². The molecule has 25 heavy (non-hydrogen) atoms. The van der Waals surface area contributed by atoms with E-state index in [1.807, 2.05) is 12.1 Å². The van der Waals surface area contributed by atoms with Crippen LogP contribution in [-0.4, -0.2) is 46.9 Å². The van der Waals surface area contributed by atoms with Gasteiger partial charge in [0.2, 0.25) is 0 Å². The lowest BCUT2D eigenvalue weighted by Crippen LogP contribution is -2.37. The minimum absolute atomic E-state index is 0.406. The predicted octanol–water partition coefficient (Wildman–Crippen LogP) is 1.74. The fourth-order valence-corrected chi connectivity index (χ4v) is 2.08. The second-order valence-corrected chi connectivity index (χ2v) is 5.98. The number of hydrogen-bond acceptors (Lipinski definition) is 7. The average molecular weight is 369 g/mol. The molecule has 2 aromatic rings. The van der Waals surface area contributed by atoms with E-state index in [4.69, 9.17) is 29.5 Å². The van der Waals surface area contributed by atoms with Crippen molar-refractivity contribution in [1.29, 1.82) is 0 Å². The maximum absolute atomic E-state index is 11.5. The highest BCUT2D eigenvalue weighted by molar-refractivity contribution is 7.34. The van der Waals surface area contributed by atoms with Crippen molar-refractivity contribution in [2.24, 2.45) is 5.41 Å². The Bertz CT molecular complexity index is 542. The van der Waals surface area contributed by atoms with Crippen LogP contribution in [0.25, 0.3) is 0 Å². The van der Waals surface area contributed by atoms with Gasteiger partial charge in [0.15, 0.2) is 11.5 Å². The molecule has 4 N–H and O–H groups in total. The van der Waals surface area contributed by atoms with E-state index in [9.17, 15) is 4.57 Å². The summed E-state index contributed by atoms with van der Waals surface area (Å²) in [6.07, 6.45) is 0. The monoisotopic (exact) mass is 369 g/mol. The number of rotatable bonds is 8. The molecule has 0 aliphatic rings. The molecule has 0 radical (unpaired) electrons. The summed E-state index contributed by atoms with van der Waals surface area (Å²) in [5.41, 5.74) is -1.11. The lowest BCUT2D eigenvalue weighted by atomic mass is 9.93. The van der Waals surface area contributed by atoms with Gasteiger partial charge in [-0.25, -0.2) is 9.05 Å². The number of hydrogen-bond donors (Lipinski definition) is 4. The SMILES string of the molecule is O=[P+](Oc1ccccc1)Oc1ccccc1.OCC(CO)(CO)CO. The minimum atomic E-state index is -2.18. The van der Waals surface area contributed by atoms with E-state index in [0.29, 0.717) is 11.5 Å². The predicted molar refractivity (Wildman–Crippen MR) is 92.5 cm³/mol. The van der Waals surface area contributed by atoms with E-state index in [0.717, 1.165) is 0 Å². The molecule has 0 spiro atoms. The molecule has 7 nitrogen and oxygen atoms in total. The molecule has 0 aromatic heterocycles. The normalized spacial score (nSPS) is 10.4. The van der Waals surface area contributed by atoms with Crippen molar-refractivity contribution in [2.75, 3.05) is 26.4 Å². The van der Waals surface area contributed by atoms with Crippen LogP contribution in [0, 0.1) is 5.41 Å². The maximum Gasteiger partial charge on any atom is 0.805 e. The average Bonchev–Trinajstić information content (AvgIpc) is 2.66. The highest BCUT2D eigenvalue weighted by atomic mass is 31.1. The maximum atomic E-state index is 11.5.